The first-order valence-corrected chi connectivity index (χ1v) is 10.4. The molecule has 30 heavy (non-hydrogen) atoms. The van der Waals surface area contributed by atoms with Gasteiger partial charge in [-0.25, -0.2) is 14.4 Å². The van der Waals surface area contributed by atoms with Gasteiger partial charge in [0.15, 0.2) is 5.83 Å². The maximum atomic E-state index is 14.5. The quantitative estimate of drug-likeness (QED) is 0.750. The van der Waals surface area contributed by atoms with Crippen molar-refractivity contribution in [1.29, 1.82) is 0 Å². The molecule has 0 radical (unpaired) electrons. The standard InChI is InChI=1S/C22H26FN5O2/c1-4-14-11-29-10-13(2)28(14)20-9-18(24-12-25-20)21-15-7-19(30-22(3)5-6-22)16(23)8-17(15)26-27-21/h4,8-9,12-15,26H,1,5-7,10-11H2,2-3H3/t13-,14+,15?/m0/s1. The number of rotatable bonds is 5. The minimum absolute atomic E-state index is 0.0431. The molecule has 5 rings (SSSR count). The van der Waals surface area contributed by atoms with E-state index in [1.165, 1.54) is 6.08 Å². The van der Waals surface area contributed by atoms with Crippen molar-refractivity contribution in [3.63, 3.8) is 0 Å². The van der Waals surface area contributed by atoms with Crippen LogP contribution < -0.4 is 10.3 Å². The van der Waals surface area contributed by atoms with Gasteiger partial charge in [0.2, 0.25) is 0 Å². The fraction of sp³-hybridized carbons (Fsp3) is 0.500. The number of hydrogen-bond acceptors (Lipinski definition) is 7. The lowest BCUT2D eigenvalue weighted by Crippen LogP contribution is -2.50. The zero-order chi connectivity index (χ0) is 20.9. The Kier molecular flexibility index (Phi) is 4.61. The van der Waals surface area contributed by atoms with Gasteiger partial charge in [0, 0.05) is 18.2 Å². The fourth-order valence-electron chi connectivity index (χ4n) is 4.22. The van der Waals surface area contributed by atoms with E-state index >= 15 is 0 Å². The molecule has 2 aliphatic heterocycles. The molecule has 1 saturated heterocycles. The number of hydrazone groups is 1. The van der Waals surface area contributed by atoms with Gasteiger partial charge in [-0.3, -0.25) is 5.43 Å². The number of hydrogen-bond donors (Lipinski definition) is 1. The van der Waals surface area contributed by atoms with Crippen LogP contribution >= 0.6 is 0 Å². The number of nitrogens with one attached hydrogen (secondary N) is 1. The molecule has 1 N–H and O–H groups in total. The maximum absolute atomic E-state index is 14.5. The number of allylic oxidation sites excluding steroid dienone is 4. The normalized spacial score (nSPS) is 29.6. The Bertz CT molecular complexity index is 968. The predicted octanol–water partition coefficient (Wildman–Crippen LogP) is 3.22. The summed E-state index contributed by atoms with van der Waals surface area (Å²) >= 11 is 0. The van der Waals surface area contributed by atoms with E-state index in [1.54, 1.807) is 6.33 Å². The smallest absolute Gasteiger partial charge is 0.162 e. The molecule has 4 aliphatic rings. The Morgan fingerprint density at radius 2 is 2.20 bits per heavy atom. The second-order valence-corrected chi connectivity index (χ2v) is 8.65. The van der Waals surface area contributed by atoms with Gasteiger partial charge in [-0.1, -0.05) is 6.08 Å². The van der Waals surface area contributed by atoms with Crippen molar-refractivity contribution in [2.24, 2.45) is 11.0 Å². The average Bonchev–Trinajstić information content (AvgIpc) is 3.33. The van der Waals surface area contributed by atoms with E-state index < -0.39 is 0 Å². The molecule has 1 unspecified atom stereocenters. The molecule has 1 aromatic heterocycles. The second-order valence-electron chi connectivity index (χ2n) is 8.65. The van der Waals surface area contributed by atoms with Crippen LogP contribution in [-0.4, -0.2) is 46.6 Å². The van der Waals surface area contributed by atoms with Crippen LogP contribution in [0.5, 0.6) is 0 Å². The molecular formula is C22H26FN5O2. The van der Waals surface area contributed by atoms with Crippen molar-refractivity contribution in [1.82, 2.24) is 15.4 Å². The van der Waals surface area contributed by atoms with Crippen molar-refractivity contribution >= 4 is 11.5 Å². The SMILES string of the molecule is C=C[C@@H]1COC[C@H](C)N1c1cc(C2=NNC3=CC(F)=C(OC4(C)CC4)CC32)ncn1. The number of nitrogens with zero attached hydrogens (tertiary/aromatic N) is 4. The van der Waals surface area contributed by atoms with Crippen molar-refractivity contribution in [2.75, 3.05) is 18.1 Å². The van der Waals surface area contributed by atoms with Gasteiger partial charge >= 0.3 is 0 Å². The minimum atomic E-state index is -0.322. The highest BCUT2D eigenvalue weighted by molar-refractivity contribution is 6.04. The Balaban J connectivity index is 1.41. The van der Waals surface area contributed by atoms with Crippen LogP contribution in [0.4, 0.5) is 10.2 Å². The first kappa shape index (κ1) is 19.2. The lowest BCUT2D eigenvalue weighted by atomic mass is 9.90. The van der Waals surface area contributed by atoms with E-state index in [0.29, 0.717) is 25.4 Å². The van der Waals surface area contributed by atoms with Crippen LogP contribution in [0.25, 0.3) is 0 Å². The van der Waals surface area contributed by atoms with E-state index in [9.17, 15) is 4.39 Å². The van der Waals surface area contributed by atoms with E-state index in [-0.39, 0.29) is 29.4 Å². The Morgan fingerprint density at radius 3 is 2.97 bits per heavy atom. The molecule has 0 bridgehead atoms. The molecule has 8 heteroatoms. The summed E-state index contributed by atoms with van der Waals surface area (Å²) in [6.45, 7) is 9.26. The number of halogens is 1. The van der Waals surface area contributed by atoms with E-state index in [0.717, 1.165) is 35.8 Å². The topological polar surface area (TPSA) is 71.9 Å². The molecule has 0 spiro atoms. The van der Waals surface area contributed by atoms with Crippen molar-refractivity contribution in [3.05, 3.63) is 54.1 Å². The van der Waals surface area contributed by atoms with Crippen LogP contribution in [0, 0.1) is 5.92 Å². The highest BCUT2D eigenvalue weighted by Crippen LogP contribution is 2.44. The van der Waals surface area contributed by atoms with Crippen LogP contribution in [-0.2, 0) is 9.47 Å². The van der Waals surface area contributed by atoms with Crippen LogP contribution in [0.15, 0.2) is 53.5 Å². The van der Waals surface area contributed by atoms with Crippen molar-refractivity contribution in [2.45, 2.75) is 50.8 Å². The van der Waals surface area contributed by atoms with Crippen molar-refractivity contribution < 1.29 is 13.9 Å². The van der Waals surface area contributed by atoms with Crippen LogP contribution in [0.3, 0.4) is 0 Å². The monoisotopic (exact) mass is 411 g/mol. The molecule has 1 saturated carbocycles. The van der Waals surface area contributed by atoms with Gasteiger partial charge in [0.05, 0.1) is 42.6 Å². The zero-order valence-corrected chi connectivity index (χ0v) is 17.3. The molecule has 3 heterocycles. The molecule has 158 valence electrons. The molecular weight excluding hydrogens is 385 g/mol. The van der Waals surface area contributed by atoms with Gasteiger partial charge in [-0.2, -0.15) is 5.10 Å². The fourth-order valence-corrected chi connectivity index (χ4v) is 4.22. The lowest BCUT2D eigenvalue weighted by molar-refractivity contribution is 0.0819. The van der Waals surface area contributed by atoms with E-state index in [4.69, 9.17) is 9.47 Å². The molecule has 2 fully saturated rings. The summed E-state index contributed by atoms with van der Waals surface area (Å²) in [4.78, 5) is 11.2. The summed E-state index contributed by atoms with van der Waals surface area (Å²) < 4.78 is 26.2. The number of fused-ring (bicyclic) bond motifs is 1. The summed E-state index contributed by atoms with van der Waals surface area (Å²) in [5, 5.41) is 4.47. The van der Waals surface area contributed by atoms with Gasteiger partial charge < -0.3 is 14.4 Å². The van der Waals surface area contributed by atoms with Gasteiger partial charge in [-0.05, 0) is 32.8 Å². The summed E-state index contributed by atoms with van der Waals surface area (Å²) in [6, 6.07) is 2.15. The number of anilines is 1. The summed E-state index contributed by atoms with van der Waals surface area (Å²) in [7, 11) is 0. The minimum Gasteiger partial charge on any atom is -0.489 e. The highest BCUT2D eigenvalue weighted by Gasteiger charge is 2.43. The van der Waals surface area contributed by atoms with Crippen molar-refractivity contribution in [3.8, 4) is 0 Å². The molecule has 0 amide bonds. The Morgan fingerprint density at radius 1 is 1.37 bits per heavy atom. The summed E-state index contributed by atoms with van der Waals surface area (Å²) in [5.74, 6) is 0.780. The summed E-state index contributed by atoms with van der Waals surface area (Å²) in [6.07, 6.45) is 7.28. The first-order chi connectivity index (χ1) is 14.5. The lowest BCUT2D eigenvalue weighted by Gasteiger charge is -2.40. The summed E-state index contributed by atoms with van der Waals surface area (Å²) in [5.41, 5.74) is 4.98. The predicted molar refractivity (Wildman–Crippen MR) is 111 cm³/mol. The molecule has 7 nitrogen and oxygen atoms in total. The largest absolute Gasteiger partial charge is 0.489 e. The van der Waals surface area contributed by atoms with Crippen LogP contribution in [0.2, 0.25) is 0 Å². The highest BCUT2D eigenvalue weighted by atomic mass is 19.1. The van der Waals surface area contributed by atoms with Gasteiger partial charge in [-0.15, -0.1) is 6.58 Å². The third-order valence-electron chi connectivity index (χ3n) is 6.20. The molecule has 2 aliphatic carbocycles. The third kappa shape index (κ3) is 3.39. The third-order valence-corrected chi connectivity index (χ3v) is 6.20. The zero-order valence-electron chi connectivity index (χ0n) is 17.3. The second kappa shape index (κ2) is 7.19. The van der Waals surface area contributed by atoms with E-state index in [1.807, 2.05) is 19.1 Å². The maximum Gasteiger partial charge on any atom is 0.162 e. The Labute approximate surface area is 175 Å². The average molecular weight is 411 g/mol. The number of morpholine rings is 1. The first-order valence-electron chi connectivity index (χ1n) is 10.4. The molecule has 0 aromatic carbocycles. The number of aromatic nitrogens is 2. The Hall–Kier alpha value is -2.74. The molecule has 1 aromatic rings. The molecule has 3 atom stereocenters. The van der Waals surface area contributed by atoms with E-state index in [2.05, 4.69) is 38.9 Å². The van der Waals surface area contributed by atoms with Gasteiger partial charge in [0.25, 0.3) is 0 Å². The van der Waals surface area contributed by atoms with Gasteiger partial charge in [0.1, 0.15) is 23.5 Å². The van der Waals surface area contributed by atoms with Crippen LogP contribution in [0.1, 0.15) is 38.8 Å². The number of ether oxygens (including phenoxy) is 2.